The van der Waals surface area contributed by atoms with E-state index in [0.717, 1.165) is 0 Å². The van der Waals surface area contributed by atoms with Crippen LogP contribution in [0, 0.1) is 0 Å². The lowest BCUT2D eigenvalue weighted by Crippen LogP contribution is -2.23. The Morgan fingerprint density at radius 1 is 1.12 bits per heavy atom. The molecule has 0 aliphatic carbocycles. The van der Waals surface area contributed by atoms with Crippen molar-refractivity contribution in [1.29, 1.82) is 0 Å². The first-order valence-corrected chi connectivity index (χ1v) is 9.18. The van der Waals surface area contributed by atoms with Gasteiger partial charge in [-0.25, -0.2) is 13.4 Å². The van der Waals surface area contributed by atoms with Crippen LogP contribution in [0.4, 0.5) is 5.69 Å². The summed E-state index contributed by atoms with van der Waals surface area (Å²) < 4.78 is 24.7. The number of carbonyl (C=O) groups excluding carboxylic acids is 1. The van der Waals surface area contributed by atoms with Gasteiger partial charge < -0.3 is 10.3 Å². The Morgan fingerprint density at radius 2 is 1.79 bits per heavy atom. The predicted octanol–water partition coefficient (Wildman–Crippen LogP) is 3.28. The number of nitrogens with one attached hydrogen (secondary N) is 2. The third-order valence-corrected chi connectivity index (χ3v) is 4.99. The number of aromatic amines is 1. The van der Waals surface area contributed by atoms with E-state index in [1.54, 1.807) is 24.3 Å². The largest absolute Gasteiger partial charge is 0.329 e. The second-order valence-corrected chi connectivity index (χ2v) is 7.80. The molecule has 3 aromatic rings. The van der Waals surface area contributed by atoms with E-state index in [2.05, 4.69) is 15.3 Å². The smallest absolute Gasteiger partial charge is 0.240 e. The molecule has 124 valence electrons. The zero-order chi connectivity index (χ0) is 17.3. The molecule has 1 amide bonds. The van der Waals surface area contributed by atoms with E-state index in [1.807, 2.05) is 0 Å². The minimum atomic E-state index is -3.91. The molecule has 0 aliphatic rings. The maximum absolute atomic E-state index is 12.3. The molecule has 2 N–H and O–H groups in total. The lowest BCUT2D eigenvalue weighted by Gasteiger charge is -2.06. The molecule has 0 radical (unpaired) electrons. The Balaban J connectivity index is 1.79. The Hall–Kier alpha value is -2.09. The number of para-hydroxylation sites is 2. The number of nitrogens with zero attached hydrogens (tertiary/aromatic N) is 1. The predicted molar refractivity (Wildman–Crippen MR) is 93.2 cm³/mol. The Labute approximate surface area is 147 Å². The standard InChI is InChI=1S/C15H11Cl2N3O3S/c16-9-5-10(17)7-11(6-9)18-14(21)8-24(22,23)15-19-12-3-1-2-4-13(12)20-15/h1-7H,8H2,(H,18,21)(H,19,20). The van der Waals surface area contributed by atoms with Crippen molar-refractivity contribution in [2.24, 2.45) is 0 Å². The van der Waals surface area contributed by atoms with Crippen molar-refractivity contribution in [2.45, 2.75) is 5.16 Å². The summed E-state index contributed by atoms with van der Waals surface area (Å²) in [4.78, 5) is 18.7. The summed E-state index contributed by atoms with van der Waals surface area (Å²) >= 11 is 11.7. The van der Waals surface area contributed by atoms with Crippen LogP contribution in [0.2, 0.25) is 10.0 Å². The van der Waals surface area contributed by atoms with Crippen molar-refractivity contribution in [3.63, 3.8) is 0 Å². The molecular formula is C15H11Cl2N3O3S. The molecule has 2 aromatic carbocycles. The minimum absolute atomic E-state index is 0.247. The van der Waals surface area contributed by atoms with Crippen LogP contribution >= 0.6 is 23.2 Å². The molecule has 24 heavy (non-hydrogen) atoms. The van der Waals surface area contributed by atoms with Crippen LogP contribution in [0.15, 0.2) is 47.6 Å². The van der Waals surface area contributed by atoms with Gasteiger partial charge in [-0.05, 0) is 30.3 Å². The van der Waals surface area contributed by atoms with Gasteiger partial charge in [-0.15, -0.1) is 0 Å². The van der Waals surface area contributed by atoms with Gasteiger partial charge in [-0.1, -0.05) is 35.3 Å². The third kappa shape index (κ3) is 3.69. The number of imidazole rings is 1. The third-order valence-electron chi connectivity index (χ3n) is 3.13. The molecule has 3 rings (SSSR count). The highest BCUT2D eigenvalue weighted by molar-refractivity contribution is 7.92. The molecule has 0 atom stereocenters. The fourth-order valence-corrected chi connectivity index (χ4v) is 3.72. The topological polar surface area (TPSA) is 91.9 Å². The molecule has 1 aromatic heterocycles. The van der Waals surface area contributed by atoms with Crippen molar-refractivity contribution in [3.05, 3.63) is 52.5 Å². The molecule has 0 saturated heterocycles. The van der Waals surface area contributed by atoms with E-state index in [0.29, 0.717) is 26.8 Å². The van der Waals surface area contributed by atoms with Gasteiger partial charge in [0.2, 0.25) is 20.9 Å². The number of rotatable bonds is 4. The average molecular weight is 384 g/mol. The molecule has 1 heterocycles. The Kier molecular flexibility index (Phi) is 4.49. The molecule has 0 saturated carbocycles. The second kappa shape index (κ2) is 6.43. The second-order valence-electron chi connectivity index (χ2n) is 5.02. The van der Waals surface area contributed by atoms with Gasteiger partial charge in [0.1, 0.15) is 5.75 Å². The zero-order valence-corrected chi connectivity index (χ0v) is 14.4. The number of fused-ring (bicyclic) bond motifs is 1. The van der Waals surface area contributed by atoms with Crippen LogP contribution in [-0.4, -0.2) is 30.0 Å². The van der Waals surface area contributed by atoms with Gasteiger partial charge in [0.05, 0.1) is 11.0 Å². The monoisotopic (exact) mass is 383 g/mol. The molecular weight excluding hydrogens is 373 g/mol. The van der Waals surface area contributed by atoms with E-state index in [4.69, 9.17) is 23.2 Å². The number of benzene rings is 2. The van der Waals surface area contributed by atoms with Gasteiger partial charge in [-0.3, -0.25) is 4.79 Å². The lowest BCUT2D eigenvalue weighted by atomic mass is 10.3. The number of halogens is 2. The van der Waals surface area contributed by atoms with Crippen LogP contribution in [0.1, 0.15) is 0 Å². The Bertz CT molecular complexity index is 978. The van der Waals surface area contributed by atoms with Gasteiger partial charge >= 0.3 is 0 Å². The van der Waals surface area contributed by atoms with Gasteiger partial charge in [0.25, 0.3) is 0 Å². The van der Waals surface area contributed by atoms with E-state index in [1.165, 1.54) is 18.2 Å². The minimum Gasteiger partial charge on any atom is -0.329 e. The summed E-state index contributed by atoms with van der Waals surface area (Å²) in [7, 11) is -3.91. The number of hydrogen-bond acceptors (Lipinski definition) is 4. The number of carbonyl (C=O) groups is 1. The molecule has 9 heteroatoms. The average Bonchev–Trinajstić information content (AvgIpc) is 2.90. The number of H-pyrrole nitrogens is 1. The summed E-state index contributed by atoms with van der Waals surface area (Å²) in [5.74, 6) is -1.47. The normalized spacial score (nSPS) is 11.6. The first-order chi connectivity index (χ1) is 11.3. The SMILES string of the molecule is O=C(CS(=O)(=O)c1nc2ccccc2[nH]1)Nc1cc(Cl)cc(Cl)c1. The van der Waals surface area contributed by atoms with Crippen LogP contribution in [0.5, 0.6) is 0 Å². The van der Waals surface area contributed by atoms with Crippen molar-refractivity contribution in [3.8, 4) is 0 Å². The van der Waals surface area contributed by atoms with E-state index >= 15 is 0 Å². The van der Waals surface area contributed by atoms with Gasteiger partial charge in [0.15, 0.2) is 0 Å². The fourth-order valence-electron chi connectivity index (χ4n) is 2.14. The molecule has 0 spiro atoms. The number of anilines is 1. The highest BCUT2D eigenvalue weighted by Crippen LogP contribution is 2.22. The van der Waals surface area contributed by atoms with E-state index in [-0.39, 0.29) is 5.16 Å². The number of amides is 1. The van der Waals surface area contributed by atoms with Crippen LogP contribution < -0.4 is 5.32 Å². The maximum Gasteiger partial charge on any atom is 0.240 e. The summed E-state index contributed by atoms with van der Waals surface area (Å²) in [5.41, 5.74) is 1.41. The van der Waals surface area contributed by atoms with Crippen molar-refractivity contribution in [1.82, 2.24) is 9.97 Å². The van der Waals surface area contributed by atoms with Gasteiger partial charge in [0, 0.05) is 15.7 Å². The van der Waals surface area contributed by atoms with Crippen molar-refractivity contribution >= 4 is 55.7 Å². The van der Waals surface area contributed by atoms with Crippen molar-refractivity contribution in [2.75, 3.05) is 11.1 Å². The molecule has 0 fully saturated rings. The summed E-state index contributed by atoms with van der Waals surface area (Å²) in [6, 6.07) is 11.3. The van der Waals surface area contributed by atoms with E-state index in [9.17, 15) is 13.2 Å². The summed E-state index contributed by atoms with van der Waals surface area (Å²) in [6.45, 7) is 0. The summed E-state index contributed by atoms with van der Waals surface area (Å²) in [6.07, 6.45) is 0. The number of aromatic nitrogens is 2. The highest BCUT2D eigenvalue weighted by atomic mass is 35.5. The van der Waals surface area contributed by atoms with Gasteiger partial charge in [-0.2, -0.15) is 0 Å². The molecule has 0 bridgehead atoms. The molecule has 0 unspecified atom stereocenters. The maximum atomic E-state index is 12.3. The zero-order valence-electron chi connectivity index (χ0n) is 12.1. The first kappa shape index (κ1) is 16.8. The number of hydrogen-bond donors (Lipinski definition) is 2. The fraction of sp³-hybridized carbons (Fsp3) is 0.0667. The van der Waals surface area contributed by atoms with Crippen molar-refractivity contribution < 1.29 is 13.2 Å². The van der Waals surface area contributed by atoms with E-state index < -0.39 is 21.5 Å². The molecule has 6 nitrogen and oxygen atoms in total. The quantitative estimate of drug-likeness (QED) is 0.722. The van der Waals surface area contributed by atoms with Crippen LogP contribution in [0.25, 0.3) is 11.0 Å². The summed E-state index contributed by atoms with van der Waals surface area (Å²) in [5, 5.41) is 2.87. The molecule has 0 aliphatic heterocycles. The van der Waals surface area contributed by atoms with Crippen LogP contribution in [0.3, 0.4) is 0 Å². The van der Waals surface area contributed by atoms with Crippen LogP contribution in [-0.2, 0) is 14.6 Å². The highest BCUT2D eigenvalue weighted by Gasteiger charge is 2.23. The lowest BCUT2D eigenvalue weighted by molar-refractivity contribution is -0.113. The number of sulfone groups is 1. The first-order valence-electron chi connectivity index (χ1n) is 6.77. The Morgan fingerprint density at radius 3 is 2.46 bits per heavy atom.